The molecule has 1 saturated heterocycles. The minimum Gasteiger partial charge on any atom is -0.441 e. The molecule has 0 radical (unpaired) electrons. The van der Waals surface area contributed by atoms with Gasteiger partial charge in [0.2, 0.25) is 11.7 Å². The second-order valence-electron chi connectivity index (χ2n) is 6.89. The monoisotopic (exact) mass is 368 g/mol. The van der Waals surface area contributed by atoms with E-state index >= 15 is 0 Å². The Kier molecular flexibility index (Phi) is 4.91. The molecule has 0 amide bonds. The topological polar surface area (TPSA) is 79.5 Å². The van der Waals surface area contributed by atoms with Crippen LogP contribution in [0.5, 0.6) is 0 Å². The van der Waals surface area contributed by atoms with Crippen molar-refractivity contribution >= 4 is 22.9 Å². The number of hydrogen-bond donors (Lipinski definition) is 1. The van der Waals surface area contributed by atoms with Gasteiger partial charge in [0, 0.05) is 52.1 Å². The summed E-state index contributed by atoms with van der Waals surface area (Å²) >= 11 is 0. The maximum atomic E-state index is 5.80. The minimum absolute atomic E-state index is 0.0743. The third-order valence-electron chi connectivity index (χ3n) is 4.80. The van der Waals surface area contributed by atoms with Crippen molar-refractivity contribution in [2.45, 2.75) is 18.7 Å². The van der Waals surface area contributed by atoms with Gasteiger partial charge in [-0.2, -0.15) is 4.98 Å². The van der Waals surface area contributed by atoms with E-state index in [2.05, 4.69) is 25.2 Å². The second kappa shape index (κ2) is 7.50. The van der Waals surface area contributed by atoms with E-state index in [-0.39, 0.29) is 12.1 Å². The van der Waals surface area contributed by atoms with Crippen LogP contribution in [-0.4, -0.2) is 61.4 Å². The number of furan rings is 1. The van der Waals surface area contributed by atoms with E-state index in [9.17, 15) is 0 Å². The summed E-state index contributed by atoms with van der Waals surface area (Å²) in [5, 5.41) is 4.57. The number of hydrogen-bond acceptors (Lipinski definition) is 8. The first kappa shape index (κ1) is 17.7. The van der Waals surface area contributed by atoms with Crippen LogP contribution in [0.4, 0.5) is 11.8 Å². The highest BCUT2D eigenvalue weighted by molar-refractivity contribution is 5.73. The number of methoxy groups -OCH3 is 1. The Bertz CT molecular complexity index is 879. The van der Waals surface area contributed by atoms with Gasteiger partial charge in [0.15, 0.2) is 0 Å². The van der Waals surface area contributed by atoms with E-state index in [1.165, 1.54) is 0 Å². The van der Waals surface area contributed by atoms with E-state index < -0.39 is 0 Å². The summed E-state index contributed by atoms with van der Waals surface area (Å²) in [6.45, 7) is 2.21. The molecule has 8 nitrogen and oxygen atoms in total. The Hall–Kier alpha value is -2.71. The fraction of sp³-hybridized carbons (Fsp3) is 0.421. The van der Waals surface area contributed by atoms with Crippen LogP contribution in [0, 0.1) is 0 Å². The Morgan fingerprint density at radius 2 is 2.15 bits per heavy atom. The van der Waals surface area contributed by atoms with Crippen molar-refractivity contribution < 1.29 is 9.15 Å². The smallest absolute Gasteiger partial charge is 0.226 e. The predicted molar refractivity (Wildman–Crippen MR) is 104 cm³/mol. The summed E-state index contributed by atoms with van der Waals surface area (Å²) < 4.78 is 11.5. The third-order valence-corrected chi connectivity index (χ3v) is 4.80. The van der Waals surface area contributed by atoms with E-state index in [1.54, 1.807) is 19.5 Å². The first-order valence-corrected chi connectivity index (χ1v) is 8.99. The summed E-state index contributed by atoms with van der Waals surface area (Å²) in [7, 11) is 5.63. The first-order valence-electron chi connectivity index (χ1n) is 8.99. The van der Waals surface area contributed by atoms with E-state index in [4.69, 9.17) is 9.15 Å². The molecule has 3 aromatic heterocycles. The van der Waals surface area contributed by atoms with Crippen LogP contribution in [0.2, 0.25) is 0 Å². The van der Waals surface area contributed by atoms with Gasteiger partial charge in [0.25, 0.3) is 0 Å². The highest BCUT2D eigenvalue weighted by atomic mass is 16.5. The molecule has 4 heterocycles. The normalized spacial score (nSPS) is 19.7. The van der Waals surface area contributed by atoms with Crippen LogP contribution < -0.4 is 15.1 Å². The lowest BCUT2D eigenvalue weighted by molar-refractivity contribution is 0.0961. The van der Waals surface area contributed by atoms with Gasteiger partial charge in [-0.05, 0) is 24.3 Å². The molecule has 1 aliphatic rings. The molecular weight excluding hydrogens is 344 g/mol. The van der Waals surface area contributed by atoms with Crippen LogP contribution in [0.15, 0.2) is 41.1 Å². The Morgan fingerprint density at radius 3 is 2.93 bits per heavy atom. The van der Waals surface area contributed by atoms with E-state index in [0.29, 0.717) is 18.2 Å². The highest BCUT2D eigenvalue weighted by Gasteiger charge is 2.33. The van der Waals surface area contributed by atoms with Gasteiger partial charge in [0.1, 0.15) is 11.6 Å². The lowest BCUT2D eigenvalue weighted by Crippen LogP contribution is -2.39. The van der Waals surface area contributed by atoms with Crippen LogP contribution in [0.1, 0.15) is 5.76 Å². The molecule has 27 heavy (non-hydrogen) atoms. The van der Waals surface area contributed by atoms with Crippen molar-refractivity contribution in [2.75, 3.05) is 44.1 Å². The quantitative estimate of drug-likeness (QED) is 0.704. The minimum atomic E-state index is 0.0743. The highest BCUT2D eigenvalue weighted by Crippen LogP contribution is 2.22. The predicted octanol–water partition coefficient (Wildman–Crippen LogP) is 1.68. The molecule has 142 valence electrons. The summed E-state index contributed by atoms with van der Waals surface area (Å²) in [4.78, 5) is 17.3. The zero-order valence-electron chi connectivity index (χ0n) is 15.8. The molecule has 0 saturated carbocycles. The lowest BCUT2D eigenvalue weighted by Gasteiger charge is -2.19. The number of fused-ring (bicyclic) bond motifs is 1. The number of pyridine rings is 1. The molecule has 1 N–H and O–H groups in total. The Balaban J connectivity index is 1.44. The summed E-state index contributed by atoms with van der Waals surface area (Å²) in [6, 6.07) is 8.05. The zero-order chi connectivity index (χ0) is 18.8. The van der Waals surface area contributed by atoms with Gasteiger partial charge in [-0.25, -0.2) is 9.97 Å². The number of ether oxygens (including phenoxy) is 1. The van der Waals surface area contributed by atoms with Crippen molar-refractivity contribution in [1.29, 1.82) is 0 Å². The molecule has 3 aromatic rings. The number of nitrogens with one attached hydrogen (secondary N) is 1. The third kappa shape index (κ3) is 3.72. The van der Waals surface area contributed by atoms with Gasteiger partial charge in [0.05, 0.1) is 18.7 Å². The molecular formula is C19H24N6O2. The van der Waals surface area contributed by atoms with Crippen LogP contribution >= 0.6 is 0 Å². The SMILES string of the molecule is CO[C@@H]1CN(c2ccnc(N(C)C)n2)C[C@@H]1NCc1cc2cccnc2o1. The van der Waals surface area contributed by atoms with Crippen molar-refractivity contribution in [3.63, 3.8) is 0 Å². The van der Waals surface area contributed by atoms with Gasteiger partial charge >= 0.3 is 0 Å². The number of aromatic nitrogens is 3. The average molecular weight is 368 g/mol. The summed E-state index contributed by atoms with van der Waals surface area (Å²) in [6.07, 6.45) is 3.61. The van der Waals surface area contributed by atoms with E-state index in [0.717, 1.165) is 30.1 Å². The second-order valence-corrected chi connectivity index (χ2v) is 6.89. The maximum absolute atomic E-state index is 5.80. The van der Waals surface area contributed by atoms with Crippen LogP contribution in [0.25, 0.3) is 11.1 Å². The van der Waals surface area contributed by atoms with Crippen LogP contribution in [0.3, 0.4) is 0 Å². The van der Waals surface area contributed by atoms with Gasteiger partial charge in [-0.15, -0.1) is 0 Å². The fourth-order valence-electron chi connectivity index (χ4n) is 3.37. The standard InChI is InChI=1S/C19H24N6O2/c1-24(2)19-21-8-6-17(23-19)25-11-15(16(12-25)26-3)22-10-14-9-13-5-4-7-20-18(13)27-14/h4-9,15-16,22H,10-12H2,1-3H3/t15-,16+/m0/s1. The first-order chi connectivity index (χ1) is 13.1. The van der Waals surface area contributed by atoms with Crippen LogP contribution in [-0.2, 0) is 11.3 Å². The van der Waals surface area contributed by atoms with Gasteiger partial charge < -0.3 is 24.3 Å². The molecule has 1 aliphatic heterocycles. The van der Waals surface area contributed by atoms with Crippen molar-refractivity contribution in [3.8, 4) is 0 Å². The number of anilines is 2. The number of nitrogens with zero attached hydrogens (tertiary/aromatic N) is 5. The van der Waals surface area contributed by atoms with E-state index in [1.807, 2.05) is 43.3 Å². The summed E-state index contributed by atoms with van der Waals surface area (Å²) in [5.74, 6) is 2.48. The molecule has 8 heteroatoms. The zero-order valence-corrected chi connectivity index (χ0v) is 15.8. The molecule has 2 atom stereocenters. The molecule has 4 rings (SSSR count). The molecule has 1 fully saturated rings. The Morgan fingerprint density at radius 1 is 1.26 bits per heavy atom. The van der Waals surface area contributed by atoms with Crippen molar-refractivity contribution in [1.82, 2.24) is 20.3 Å². The lowest BCUT2D eigenvalue weighted by atomic mass is 10.2. The van der Waals surface area contributed by atoms with Gasteiger partial charge in [-0.1, -0.05) is 0 Å². The molecule has 0 aromatic carbocycles. The Labute approximate surface area is 158 Å². The van der Waals surface area contributed by atoms with Crippen molar-refractivity contribution in [3.05, 3.63) is 42.4 Å². The average Bonchev–Trinajstić information content (AvgIpc) is 3.29. The molecule has 0 unspecified atom stereocenters. The molecule has 0 spiro atoms. The molecule has 0 bridgehead atoms. The number of rotatable bonds is 6. The van der Waals surface area contributed by atoms with Gasteiger partial charge in [-0.3, -0.25) is 0 Å². The molecule has 0 aliphatic carbocycles. The largest absolute Gasteiger partial charge is 0.441 e. The fourth-order valence-corrected chi connectivity index (χ4v) is 3.37. The summed E-state index contributed by atoms with van der Waals surface area (Å²) in [5.41, 5.74) is 0.669. The van der Waals surface area contributed by atoms with Crippen molar-refractivity contribution in [2.24, 2.45) is 0 Å². The maximum Gasteiger partial charge on any atom is 0.226 e.